The van der Waals surface area contributed by atoms with E-state index in [0.29, 0.717) is 17.8 Å². The summed E-state index contributed by atoms with van der Waals surface area (Å²) in [5, 5.41) is 10.3. The fourth-order valence-electron chi connectivity index (χ4n) is 5.19. The van der Waals surface area contributed by atoms with Gasteiger partial charge >= 0.3 is 6.18 Å². The van der Waals surface area contributed by atoms with Crippen LogP contribution in [0, 0.1) is 23.2 Å². The summed E-state index contributed by atoms with van der Waals surface area (Å²) in [4.78, 5) is 0. The van der Waals surface area contributed by atoms with Crippen LogP contribution in [-0.2, 0) is 0 Å². The number of aliphatic hydroxyl groups excluding tert-OH is 1. The number of hydrogen-bond acceptors (Lipinski definition) is 1. The molecule has 0 radical (unpaired) electrons. The van der Waals surface area contributed by atoms with Gasteiger partial charge in [-0.15, -0.1) is 0 Å². The predicted octanol–water partition coefficient (Wildman–Crippen LogP) is 3.91. The third kappa shape index (κ3) is 2.28. The molecule has 1 nitrogen and oxygen atoms in total. The first-order valence-corrected chi connectivity index (χ1v) is 7.11. The first kappa shape index (κ1) is 12.8. The highest BCUT2D eigenvalue weighted by Crippen LogP contribution is 2.61. The van der Waals surface area contributed by atoms with Crippen molar-refractivity contribution in [3.8, 4) is 0 Å². The van der Waals surface area contributed by atoms with Crippen molar-refractivity contribution in [2.75, 3.05) is 0 Å². The van der Waals surface area contributed by atoms with Crippen LogP contribution in [0.5, 0.6) is 0 Å². The lowest BCUT2D eigenvalue weighted by molar-refractivity contribution is -0.159. The second-order valence-electron chi connectivity index (χ2n) is 6.95. The Morgan fingerprint density at radius 2 is 1.44 bits per heavy atom. The van der Waals surface area contributed by atoms with Crippen molar-refractivity contribution in [2.45, 2.75) is 63.6 Å². The van der Waals surface area contributed by atoms with Crippen LogP contribution in [0.2, 0.25) is 0 Å². The molecule has 104 valence electrons. The third-order valence-corrected chi connectivity index (χ3v) is 5.49. The van der Waals surface area contributed by atoms with Crippen LogP contribution in [0.4, 0.5) is 13.2 Å². The quantitative estimate of drug-likeness (QED) is 0.817. The van der Waals surface area contributed by atoms with E-state index < -0.39 is 18.7 Å². The van der Waals surface area contributed by atoms with E-state index >= 15 is 0 Å². The second kappa shape index (κ2) is 4.12. The molecule has 0 amide bonds. The summed E-state index contributed by atoms with van der Waals surface area (Å²) in [6.07, 6.45) is 0.859. The fourth-order valence-corrected chi connectivity index (χ4v) is 5.19. The van der Waals surface area contributed by atoms with Gasteiger partial charge in [-0.25, -0.2) is 0 Å². The van der Waals surface area contributed by atoms with E-state index in [9.17, 15) is 18.3 Å². The molecule has 0 saturated heterocycles. The molecular formula is C14H21F3O. The maximum atomic E-state index is 12.3. The molecule has 18 heavy (non-hydrogen) atoms. The lowest BCUT2D eigenvalue weighted by atomic mass is 9.48. The van der Waals surface area contributed by atoms with E-state index in [2.05, 4.69) is 0 Å². The Hall–Kier alpha value is -0.250. The molecule has 0 heterocycles. The molecule has 4 bridgehead atoms. The maximum Gasteiger partial charge on any atom is 0.389 e. The van der Waals surface area contributed by atoms with Crippen LogP contribution in [0.25, 0.3) is 0 Å². The van der Waals surface area contributed by atoms with Gasteiger partial charge in [0.25, 0.3) is 0 Å². The Labute approximate surface area is 106 Å². The normalized spacial score (nSPS) is 44.3. The van der Waals surface area contributed by atoms with Gasteiger partial charge in [-0.2, -0.15) is 13.2 Å². The number of rotatable bonds is 3. The van der Waals surface area contributed by atoms with Crippen molar-refractivity contribution in [3.05, 3.63) is 0 Å². The van der Waals surface area contributed by atoms with Gasteiger partial charge in [0.2, 0.25) is 0 Å². The van der Waals surface area contributed by atoms with Crippen LogP contribution in [0.3, 0.4) is 0 Å². The van der Waals surface area contributed by atoms with Crippen molar-refractivity contribution < 1.29 is 18.3 Å². The first-order chi connectivity index (χ1) is 8.36. The van der Waals surface area contributed by atoms with Gasteiger partial charge < -0.3 is 5.11 Å². The molecule has 4 aliphatic rings. The Morgan fingerprint density at radius 3 is 1.83 bits per heavy atom. The molecule has 4 heteroatoms. The number of aliphatic hydroxyl groups is 1. The number of alkyl halides is 3. The molecule has 4 saturated carbocycles. The van der Waals surface area contributed by atoms with E-state index in [1.54, 1.807) is 0 Å². The zero-order valence-electron chi connectivity index (χ0n) is 10.5. The van der Waals surface area contributed by atoms with E-state index in [-0.39, 0.29) is 11.8 Å². The Kier molecular flexibility index (Phi) is 2.92. The Morgan fingerprint density at radius 1 is 1.00 bits per heavy atom. The average molecular weight is 262 g/mol. The van der Waals surface area contributed by atoms with Crippen molar-refractivity contribution in [2.24, 2.45) is 23.2 Å². The van der Waals surface area contributed by atoms with Crippen molar-refractivity contribution in [3.63, 3.8) is 0 Å². The summed E-state index contributed by atoms with van der Waals surface area (Å²) in [6, 6.07) is 0. The van der Waals surface area contributed by atoms with Gasteiger partial charge in [0, 0.05) is 6.42 Å². The topological polar surface area (TPSA) is 20.2 Å². The molecular weight excluding hydrogens is 241 g/mol. The standard InChI is InChI=1S/C14H21F3O/c15-14(16,17)2-1-12(18)13-6-9-3-10(7-13)5-11(4-9)8-13/h9-12,18H,1-8H2. The van der Waals surface area contributed by atoms with Crippen molar-refractivity contribution in [1.82, 2.24) is 0 Å². The fraction of sp³-hybridized carbons (Fsp3) is 1.00. The SMILES string of the molecule is OC(CCC(F)(F)F)C12CC3CC(CC(C3)C1)C2. The highest BCUT2D eigenvalue weighted by atomic mass is 19.4. The summed E-state index contributed by atoms with van der Waals surface area (Å²) < 4.78 is 36.8. The molecule has 4 fully saturated rings. The van der Waals surface area contributed by atoms with Crippen molar-refractivity contribution >= 4 is 0 Å². The molecule has 0 spiro atoms. The molecule has 1 unspecified atom stereocenters. The van der Waals surface area contributed by atoms with E-state index in [1.807, 2.05) is 0 Å². The lowest BCUT2D eigenvalue weighted by Gasteiger charge is -2.58. The van der Waals surface area contributed by atoms with E-state index in [1.165, 1.54) is 19.3 Å². The van der Waals surface area contributed by atoms with E-state index in [4.69, 9.17) is 0 Å². The van der Waals surface area contributed by atoms with Gasteiger partial charge in [-0.1, -0.05) is 0 Å². The Balaban J connectivity index is 1.67. The minimum atomic E-state index is -4.14. The van der Waals surface area contributed by atoms with Crippen LogP contribution < -0.4 is 0 Å². The zero-order chi connectivity index (χ0) is 13.0. The van der Waals surface area contributed by atoms with Gasteiger partial charge in [0.1, 0.15) is 0 Å². The summed E-state index contributed by atoms with van der Waals surface area (Å²) in [5.41, 5.74) is -0.167. The molecule has 1 N–H and O–H groups in total. The highest BCUT2D eigenvalue weighted by molar-refractivity contribution is 5.04. The van der Waals surface area contributed by atoms with Crippen LogP contribution in [0.1, 0.15) is 51.4 Å². The minimum absolute atomic E-state index is 0.102. The molecule has 0 aromatic rings. The van der Waals surface area contributed by atoms with Gasteiger partial charge in [-0.05, 0) is 68.1 Å². The minimum Gasteiger partial charge on any atom is -0.393 e. The smallest absolute Gasteiger partial charge is 0.389 e. The summed E-state index contributed by atoms with van der Waals surface area (Å²) in [7, 11) is 0. The number of hydrogen-bond donors (Lipinski definition) is 1. The van der Waals surface area contributed by atoms with Gasteiger partial charge in [-0.3, -0.25) is 0 Å². The highest BCUT2D eigenvalue weighted by Gasteiger charge is 2.54. The lowest BCUT2D eigenvalue weighted by Crippen LogP contribution is -2.51. The summed E-state index contributed by atoms with van der Waals surface area (Å²) >= 11 is 0. The monoisotopic (exact) mass is 262 g/mol. The number of halogens is 3. The molecule has 0 aromatic heterocycles. The molecule has 0 aliphatic heterocycles. The van der Waals surface area contributed by atoms with Crippen LogP contribution >= 0.6 is 0 Å². The molecule has 1 atom stereocenters. The van der Waals surface area contributed by atoms with Crippen LogP contribution in [0.15, 0.2) is 0 Å². The summed E-state index contributed by atoms with van der Waals surface area (Å²) in [6.45, 7) is 0. The van der Waals surface area contributed by atoms with Gasteiger partial charge in [0.15, 0.2) is 0 Å². The predicted molar refractivity (Wildman–Crippen MR) is 61.9 cm³/mol. The molecule has 4 aliphatic carbocycles. The maximum absolute atomic E-state index is 12.3. The van der Waals surface area contributed by atoms with Gasteiger partial charge in [0.05, 0.1) is 6.10 Å². The van der Waals surface area contributed by atoms with E-state index in [0.717, 1.165) is 19.3 Å². The molecule has 0 aromatic carbocycles. The van der Waals surface area contributed by atoms with Crippen molar-refractivity contribution in [1.29, 1.82) is 0 Å². The summed E-state index contributed by atoms with van der Waals surface area (Å²) in [5.74, 6) is 2.03. The third-order valence-electron chi connectivity index (χ3n) is 5.49. The zero-order valence-corrected chi connectivity index (χ0v) is 10.5. The Bertz CT molecular complexity index is 288. The first-order valence-electron chi connectivity index (χ1n) is 7.11. The molecule has 4 rings (SSSR count). The second-order valence-corrected chi connectivity index (χ2v) is 6.95. The average Bonchev–Trinajstić information content (AvgIpc) is 2.22. The largest absolute Gasteiger partial charge is 0.393 e. The van der Waals surface area contributed by atoms with Crippen LogP contribution in [-0.4, -0.2) is 17.4 Å².